The van der Waals surface area contributed by atoms with Crippen LogP contribution in [0.15, 0.2) is 24.3 Å². The minimum absolute atomic E-state index is 0.0423. The van der Waals surface area contributed by atoms with Crippen molar-refractivity contribution in [2.45, 2.75) is 65.5 Å². The average Bonchev–Trinajstić information content (AvgIpc) is 2.47. The molecule has 1 rings (SSSR count). The van der Waals surface area contributed by atoms with Crippen molar-refractivity contribution in [1.82, 2.24) is 0 Å². The lowest BCUT2D eigenvalue weighted by Crippen LogP contribution is -2.28. The molecule has 0 spiro atoms. The summed E-state index contributed by atoms with van der Waals surface area (Å²) in [6.07, 6.45) is 5.06. The van der Waals surface area contributed by atoms with Crippen molar-refractivity contribution in [3.63, 3.8) is 0 Å². The van der Waals surface area contributed by atoms with E-state index in [1.807, 2.05) is 0 Å². The lowest BCUT2D eigenvalue weighted by molar-refractivity contribution is 0.0216. The molecule has 114 valence electrons. The van der Waals surface area contributed by atoms with Crippen LogP contribution in [-0.4, -0.2) is 12.7 Å². The standard InChI is InChI=1S/C18H31NO/c1-5-7-8-16(6-2)13-20-15(4)18(19)17-11-9-14(3)10-12-17/h9-12,15-16,18H,5-8,13,19H2,1-4H3. The summed E-state index contributed by atoms with van der Waals surface area (Å²) in [5.41, 5.74) is 8.71. The molecule has 20 heavy (non-hydrogen) atoms. The van der Waals surface area contributed by atoms with E-state index >= 15 is 0 Å². The van der Waals surface area contributed by atoms with Gasteiger partial charge in [0.15, 0.2) is 0 Å². The van der Waals surface area contributed by atoms with E-state index in [9.17, 15) is 0 Å². The highest BCUT2D eigenvalue weighted by Crippen LogP contribution is 2.20. The Kier molecular flexibility index (Phi) is 7.86. The number of nitrogens with two attached hydrogens (primary N) is 1. The summed E-state index contributed by atoms with van der Waals surface area (Å²) in [5, 5.41) is 0. The van der Waals surface area contributed by atoms with Crippen LogP contribution < -0.4 is 5.73 Å². The Morgan fingerprint density at radius 1 is 1.15 bits per heavy atom. The zero-order valence-electron chi connectivity index (χ0n) is 13.6. The Bertz CT molecular complexity index is 360. The molecule has 0 aliphatic heterocycles. The highest BCUT2D eigenvalue weighted by molar-refractivity contribution is 5.24. The number of rotatable bonds is 9. The van der Waals surface area contributed by atoms with E-state index in [1.54, 1.807) is 0 Å². The van der Waals surface area contributed by atoms with Gasteiger partial charge in [-0.05, 0) is 31.7 Å². The molecule has 0 saturated heterocycles. The average molecular weight is 277 g/mol. The molecule has 2 heteroatoms. The van der Waals surface area contributed by atoms with Gasteiger partial charge in [0.1, 0.15) is 0 Å². The van der Waals surface area contributed by atoms with E-state index in [0.29, 0.717) is 5.92 Å². The Hall–Kier alpha value is -0.860. The van der Waals surface area contributed by atoms with Crippen LogP contribution >= 0.6 is 0 Å². The number of benzene rings is 1. The lowest BCUT2D eigenvalue weighted by Gasteiger charge is -2.24. The van der Waals surface area contributed by atoms with Crippen molar-refractivity contribution in [2.24, 2.45) is 11.7 Å². The molecule has 2 N–H and O–H groups in total. The number of hydrogen-bond donors (Lipinski definition) is 1. The fraction of sp³-hybridized carbons (Fsp3) is 0.667. The van der Waals surface area contributed by atoms with Crippen LogP contribution in [0.2, 0.25) is 0 Å². The molecule has 0 aliphatic carbocycles. The zero-order valence-corrected chi connectivity index (χ0v) is 13.6. The first kappa shape index (κ1) is 17.2. The van der Waals surface area contributed by atoms with Crippen molar-refractivity contribution < 1.29 is 4.74 Å². The molecule has 0 fully saturated rings. The third-order valence-electron chi connectivity index (χ3n) is 4.11. The van der Waals surface area contributed by atoms with Crippen molar-refractivity contribution in [1.29, 1.82) is 0 Å². The molecule has 3 unspecified atom stereocenters. The van der Waals surface area contributed by atoms with Crippen LogP contribution in [0.5, 0.6) is 0 Å². The van der Waals surface area contributed by atoms with Gasteiger partial charge in [-0.15, -0.1) is 0 Å². The monoisotopic (exact) mass is 277 g/mol. The van der Waals surface area contributed by atoms with Gasteiger partial charge in [0, 0.05) is 6.61 Å². The molecule has 0 bridgehead atoms. The second kappa shape index (κ2) is 9.15. The molecular weight excluding hydrogens is 246 g/mol. The topological polar surface area (TPSA) is 35.2 Å². The van der Waals surface area contributed by atoms with Crippen molar-refractivity contribution in [3.8, 4) is 0 Å². The maximum Gasteiger partial charge on any atom is 0.0739 e. The molecule has 1 aromatic rings. The van der Waals surface area contributed by atoms with Crippen LogP contribution in [-0.2, 0) is 4.74 Å². The summed E-state index contributed by atoms with van der Waals surface area (Å²) in [6.45, 7) is 9.49. The van der Waals surface area contributed by atoms with Gasteiger partial charge in [-0.2, -0.15) is 0 Å². The fourth-order valence-electron chi connectivity index (χ4n) is 2.35. The van der Waals surface area contributed by atoms with Crippen LogP contribution in [0.4, 0.5) is 0 Å². The summed E-state index contributed by atoms with van der Waals surface area (Å²) in [7, 11) is 0. The summed E-state index contributed by atoms with van der Waals surface area (Å²) < 4.78 is 6.01. The summed E-state index contributed by atoms with van der Waals surface area (Å²) in [4.78, 5) is 0. The van der Waals surface area contributed by atoms with E-state index in [4.69, 9.17) is 10.5 Å². The predicted octanol–water partition coefficient (Wildman–Crippen LogP) is 4.62. The van der Waals surface area contributed by atoms with Crippen molar-refractivity contribution in [2.75, 3.05) is 6.61 Å². The molecule has 0 aliphatic rings. The first-order valence-corrected chi connectivity index (χ1v) is 8.02. The molecule has 0 aromatic heterocycles. The molecule has 0 amide bonds. The number of aryl methyl sites for hydroxylation is 1. The van der Waals surface area contributed by atoms with E-state index in [1.165, 1.54) is 31.2 Å². The summed E-state index contributed by atoms with van der Waals surface area (Å²) in [5.74, 6) is 0.669. The van der Waals surface area contributed by atoms with Gasteiger partial charge in [-0.3, -0.25) is 0 Å². The van der Waals surface area contributed by atoms with Crippen LogP contribution in [0.1, 0.15) is 63.6 Å². The molecule has 1 aromatic carbocycles. The highest BCUT2D eigenvalue weighted by Gasteiger charge is 2.17. The third kappa shape index (κ3) is 5.64. The van der Waals surface area contributed by atoms with Crippen LogP contribution in [0, 0.1) is 12.8 Å². The second-order valence-corrected chi connectivity index (χ2v) is 5.89. The minimum atomic E-state index is -0.0423. The smallest absolute Gasteiger partial charge is 0.0739 e. The third-order valence-corrected chi connectivity index (χ3v) is 4.11. The minimum Gasteiger partial charge on any atom is -0.376 e. The maximum absolute atomic E-state index is 6.29. The first-order chi connectivity index (χ1) is 9.58. The quantitative estimate of drug-likeness (QED) is 0.715. The van der Waals surface area contributed by atoms with Gasteiger partial charge in [-0.25, -0.2) is 0 Å². The largest absolute Gasteiger partial charge is 0.376 e. The fourth-order valence-corrected chi connectivity index (χ4v) is 2.35. The molecule has 3 atom stereocenters. The van der Waals surface area contributed by atoms with E-state index < -0.39 is 0 Å². The van der Waals surface area contributed by atoms with Crippen LogP contribution in [0.25, 0.3) is 0 Å². The normalized spacial score (nSPS) is 15.8. The molecule has 0 heterocycles. The zero-order chi connectivity index (χ0) is 15.0. The lowest BCUT2D eigenvalue weighted by atomic mass is 9.99. The van der Waals surface area contributed by atoms with Crippen molar-refractivity contribution >= 4 is 0 Å². The number of ether oxygens (including phenoxy) is 1. The first-order valence-electron chi connectivity index (χ1n) is 8.02. The van der Waals surface area contributed by atoms with Gasteiger partial charge in [0.05, 0.1) is 12.1 Å². The SMILES string of the molecule is CCCCC(CC)COC(C)C(N)c1ccc(C)cc1. The molecule has 0 saturated carbocycles. The van der Waals surface area contributed by atoms with Crippen LogP contribution in [0.3, 0.4) is 0 Å². The molecule has 0 radical (unpaired) electrons. The Morgan fingerprint density at radius 3 is 2.35 bits per heavy atom. The maximum atomic E-state index is 6.29. The molecular formula is C18H31NO. The Balaban J connectivity index is 2.44. The van der Waals surface area contributed by atoms with Crippen molar-refractivity contribution in [3.05, 3.63) is 35.4 Å². The number of unbranched alkanes of at least 4 members (excludes halogenated alkanes) is 1. The predicted molar refractivity (Wildman–Crippen MR) is 86.8 cm³/mol. The highest BCUT2D eigenvalue weighted by atomic mass is 16.5. The Labute approximate surface area is 124 Å². The van der Waals surface area contributed by atoms with E-state index in [2.05, 4.69) is 52.0 Å². The van der Waals surface area contributed by atoms with E-state index in [-0.39, 0.29) is 12.1 Å². The second-order valence-electron chi connectivity index (χ2n) is 5.89. The van der Waals surface area contributed by atoms with Gasteiger partial charge in [0.2, 0.25) is 0 Å². The Morgan fingerprint density at radius 2 is 1.80 bits per heavy atom. The van der Waals surface area contributed by atoms with Gasteiger partial charge >= 0.3 is 0 Å². The van der Waals surface area contributed by atoms with Gasteiger partial charge < -0.3 is 10.5 Å². The molecule has 2 nitrogen and oxygen atoms in total. The van der Waals surface area contributed by atoms with E-state index in [0.717, 1.165) is 12.2 Å². The van der Waals surface area contributed by atoms with Gasteiger partial charge in [-0.1, -0.05) is 62.9 Å². The van der Waals surface area contributed by atoms with Gasteiger partial charge in [0.25, 0.3) is 0 Å². The number of hydrogen-bond acceptors (Lipinski definition) is 2. The summed E-state index contributed by atoms with van der Waals surface area (Å²) in [6, 6.07) is 8.39. The summed E-state index contributed by atoms with van der Waals surface area (Å²) >= 11 is 0.